The monoisotopic (exact) mass is 417 g/mol. The first-order valence-corrected chi connectivity index (χ1v) is 11.3. The number of likely N-dealkylation sites (tertiary alicyclic amines) is 1. The van der Waals surface area contributed by atoms with E-state index >= 15 is 0 Å². The van der Waals surface area contributed by atoms with Crippen LogP contribution in [0, 0.1) is 5.92 Å². The Kier molecular flexibility index (Phi) is 7.89. The summed E-state index contributed by atoms with van der Waals surface area (Å²) in [6, 6.07) is 5.25. The highest BCUT2D eigenvalue weighted by atomic mass is 32.1. The molecule has 6 nitrogen and oxygen atoms in total. The van der Waals surface area contributed by atoms with Crippen LogP contribution >= 0.6 is 11.3 Å². The van der Waals surface area contributed by atoms with E-state index < -0.39 is 0 Å². The summed E-state index contributed by atoms with van der Waals surface area (Å²) in [5.74, 6) is 1.84. The molecule has 1 saturated heterocycles. The fraction of sp³-hybridized carbons (Fsp3) is 0.545. The molecule has 0 spiro atoms. The number of piperidine rings is 1. The summed E-state index contributed by atoms with van der Waals surface area (Å²) in [6.07, 6.45) is 4.53. The molecule has 2 heterocycles. The van der Waals surface area contributed by atoms with Gasteiger partial charge in [-0.05, 0) is 56.5 Å². The van der Waals surface area contributed by atoms with Gasteiger partial charge in [-0.2, -0.15) is 0 Å². The summed E-state index contributed by atoms with van der Waals surface area (Å²) < 4.78 is 11.1. The van der Waals surface area contributed by atoms with Gasteiger partial charge in [0.1, 0.15) is 0 Å². The second-order valence-electron chi connectivity index (χ2n) is 7.62. The molecule has 1 N–H and O–H groups in total. The number of hydrogen-bond acceptors (Lipinski definition) is 6. The molecule has 1 aromatic heterocycles. The first kappa shape index (κ1) is 21.6. The van der Waals surface area contributed by atoms with Crippen LogP contribution in [0.15, 0.2) is 23.6 Å². The number of carbonyl (C=O) groups is 1. The van der Waals surface area contributed by atoms with Crippen molar-refractivity contribution in [2.45, 2.75) is 46.1 Å². The van der Waals surface area contributed by atoms with E-state index in [9.17, 15) is 4.79 Å². The summed E-state index contributed by atoms with van der Waals surface area (Å²) in [4.78, 5) is 19.7. The number of amides is 1. The van der Waals surface area contributed by atoms with Crippen molar-refractivity contribution in [3.63, 3.8) is 0 Å². The van der Waals surface area contributed by atoms with E-state index in [1.54, 1.807) is 25.3 Å². The molecule has 0 radical (unpaired) electrons. The Labute approximate surface area is 177 Å². The van der Waals surface area contributed by atoms with Crippen molar-refractivity contribution in [2.75, 3.05) is 32.1 Å². The van der Waals surface area contributed by atoms with Crippen molar-refractivity contribution < 1.29 is 14.3 Å². The first-order chi connectivity index (χ1) is 14.1. The number of unbranched alkanes of at least 4 members (excludes halogenated alkanes) is 1. The Balaban J connectivity index is 1.58. The molecule has 2 aromatic rings. The lowest BCUT2D eigenvalue weighted by molar-refractivity contribution is 0.102. The second-order valence-corrected chi connectivity index (χ2v) is 8.48. The summed E-state index contributed by atoms with van der Waals surface area (Å²) >= 11 is 1.46. The number of benzene rings is 1. The van der Waals surface area contributed by atoms with E-state index in [-0.39, 0.29) is 5.91 Å². The predicted molar refractivity (Wildman–Crippen MR) is 117 cm³/mol. The highest BCUT2D eigenvalue weighted by Gasteiger charge is 2.17. The fourth-order valence-corrected chi connectivity index (χ4v) is 4.01. The summed E-state index contributed by atoms with van der Waals surface area (Å²) in [5.41, 5.74) is 1.53. The van der Waals surface area contributed by atoms with Crippen molar-refractivity contribution >= 4 is 22.4 Å². The molecule has 158 valence electrons. The van der Waals surface area contributed by atoms with Gasteiger partial charge in [0, 0.05) is 17.5 Å². The van der Waals surface area contributed by atoms with Gasteiger partial charge in [-0.25, -0.2) is 4.98 Å². The van der Waals surface area contributed by atoms with Crippen molar-refractivity contribution in [3.05, 3.63) is 34.8 Å². The highest BCUT2D eigenvalue weighted by Crippen LogP contribution is 2.29. The summed E-state index contributed by atoms with van der Waals surface area (Å²) in [6.45, 7) is 8.14. The van der Waals surface area contributed by atoms with Crippen LogP contribution in [0.1, 0.15) is 55.6 Å². The van der Waals surface area contributed by atoms with Crippen LogP contribution in [0.2, 0.25) is 0 Å². The van der Waals surface area contributed by atoms with Gasteiger partial charge in [-0.3, -0.25) is 15.0 Å². The number of aromatic nitrogens is 1. The Bertz CT molecular complexity index is 800. The SMILES string of the molecule is CCCCOc1ccc(C(=O)Nc2nc(CN3CCC(C)CC3)cs2)cc1OC. The van der Waals surface area contributed by atoms with Crippen LogP contribution in [0.3, 0.4) is 0 Å². The quantitative estimate of drug-likeness (QED) is 0.593. The molecular weight excluding hydrogens is 386 g/mol. The normalized spacial score (nSPS) is 15.3. The number of nitrogens with zero attached hydrogens (tertiary/aromatic N) is 2. The summed E-state index contributed by atoms with van der Waals surface area (Å²) in [7, 11) is 1.58. The van der Waals surface area contributed by atoms with Crippen molar-refractivity contribution in [1.29, 1.82) is 0 Å². The van der Waals surface area contributed by atoms with E-state index in [1.165, 1.54) is 24.2 Å². The minimum Gasteiger partial charge on any atom is -0.493 e. The third kappa shape index (κ3) is 6.18. The number of thiazole rings is 1. The Hall–Kier alpha value is -2.12. The number of hydrogen-bond donors (Lipinski definition) is 1. The molecule has 0 aliphatic carbocycles. The van der Waals surface area contributed by atoms with Gasteiger partial charge in [0.15, 0.2) is 16.6 Å². The molecule has 3 rings (SSSR count). The van der Waals surface area contributed by atoms with Crippen LogP contribution in [-0.4, -0.2) is 42.6 Å². The van der Waals surface area contributed by atoms with Gasteiger partial charge >= 0.3 is 0 Å². The molecule has 29 heavy (non-hydrogen) atoms. The molecule has 0 atom stereocenters. The third-order valence-electron chi connectivity index (χ3n) is 5.22. The molecule has 1 fully saturated rings. The maximum absolute atomic E-state index is 12.6. The van der Waals surface area contributed by atoms with Crippen molar-refractivity contribution in [3.8, 4) is 11.5 Å². The van der Waals surface area contributed by atoms with Gasteiger partial charge < -0.3 is 9.47 Å². The predicted octanol–water partition coefficient (Wildman–Crippen LogP) is 4.81. The molecule has 7 heteroatoms. The number of rotatable bonds is 9. The van der Waals surface area contributed by atoms with Gasteiger partial charge in [0.2, 0.25) is 0 Å². The van der Waals surface area contributed by atoms with E-state index in [0.29, 0.717) is 28.8 Å². The second kappa shape index (κ2) is 10.6. The lowest BCUT2D eigenvalue weighted by atomic mass is 9.99. The van der Waals surface area contributed by atoms with Gasteiger partial charge in [0.25, 0.3) is 5.91 Å². The number of ether oxygens (including phenoxy) is 2. The van der Waals surface area contributed by atoms with Crippen LogP contribution in [-0.2, 0) is 6.54 Å². The van der Waals surface area contributed by atoms with Crippen LogP contribution in [0.5, 0.6) is 11.5 Å². The largest absolute Gasteiger partial charge is 0.493 e. The molecular formula is C22H31N3O3S. The zero-order valence-electron chi connectivity index (χ0n) is 17.6. The maximum Gasteiger partial charge on any atom is 0.257 e. The number of methoxy groups -OCH3 is 1. The minimum absolute atomic E-state index is 0.198. The van der Waals surface area contributed by atoms with Crippen LogP contribution < -0.4 is 14.8 Å². The lowest BCUT2D eigenvalue weighted by Crippen LogP contribution is -2.32. The van der Waals surface area contributed by atoms with E-state index in [0.717, 1.165) is 44.1 Å². The molecule has 1 aromatic carbocycles. The number of nitrogens with one attached hydrogen (secondary N) is 1. The van der Waals surface area contributed by atoms with Gasteiger partial charge in [-0.1, -0.05) is 20.3 Å². The zero-order valence-corrected chi connectivity index (χ0v) is 18.4. The molecule has 1 aliphatic rings. The zero-order chi connectivity index (χ0) is 20.6. The van der Waals surface area contributed by atoms with E-state index in [2.05, 4.69) is 29.0 Å². The average molecular weight is 418 g/mol. The van der Waals surface area contributed by atoms with E-state index in [1.807, 2.05) is 5.38 Å². The smallest absolute Gasteiger partial charge is 0.257 e. The Morgan fingerprint density at radius 1 is 1.31 bits per heavy atom. The standard InChI is InChI=1S/C22H31N3O3S/c1-4-5-12-28-19-7-6-17(13-20(19)27-3)21(26)24-22-23-18(15-29-22)14-25-10-8-16(2)9-11-25/h6-7,13,15-16H,4-5,8-12,14H2,1-3H3,(H,23,24,26). The van der Waals surface area contributed by atoms with Crippen LogP contribution in [0.4, 0.5) is 5.13 Å². The maximum atomic E-state index is 12.6. The van der Waals surface area contributed by atoms with Gasteiger partial charge in [0.05, 0.1) is 19.4 Å². The molecule has 0 bridgehead atoms. The van der Waals surface area contributed by atoms with Crippen LogP contribution in [0.25, 0.3) is 0 Å². The Morgan fingerprint density at radius 2 is 2.10 bits per heavy atom. The topological polar surface area (TPSA) is 63.7 Å². The molecule has 0 unspecified atom stereocenters. The first-order valence-electron chi connectivity index (χ1n) is 10.4. The van der Waals surface area contributed by atoms with Crippen molar-refractivity contribution in [2.24, 2.45) is 5.92 Å². The number of carbonyl (C=O) groups excluding carboxylic acids is 1. The summed E-state index contributed by atoms with van der Waals surface area (Å²) in [5, 5.41) is 5.55. The average Bonchev–Trinajstić information content (AvgIpc) is 3.16. The lowest BCUT2D eigenvalue weighted by Gasteiger charge is -2.29. The number of anilines is 1. The third-order valence-corrected chi connectivity index (χ3v) is 6.02. The van der Waals surface area contributed by atoms with Crippen molar-refractivity contribution in [1.82, 2.24) is 9.88 Å². The highest BCUT2D eigenvalue weighted by molar-refractivity contribution is 7.13. The molecule has 1 amide bonds. The fourth-order valence-electron chi connectivity index (χ4n) is 3.31. The van der Waals surface area contributed by atoms with Gasteiger partial charge in [-0.15, -0.1) is 11.3 Å². The molecule has 0 saturated carbocycles. The van der Waals surface area contributed by atoms with E-state index in [4.69, 9.17) is 9.47 Å². The minimum atomic E-state index is -0.198. The molecule has 1 aliphatic heterocycles. The Morgan fingerprint density at radius 3 is 2.83 bits per heavy atom.